The molecule has 0 unspecified atom stereocenters. The Morgan fingerprint density at radius 3 is 0.676 bits per heavy atom. The maximum absolute atomic E-state index is 10.3. The first-order chi connectivity index (χ1) is 16.4. The number of unbranched alkanes of at least 4 members (excludes halogenated alkanes) is 4. The molecule has 15 heteroatoms. The molecule has 0 saturated carbocycles. The van der Waals surface area contributed by atoms with E-state index in [-0.39, 0.29) is 5.48 Å². The smallest absolute Gasteiger partial charge is 0.336 e. The number of hydrogen-bond acceptors (Lipinski definition) is 8. The summed E-state index contributed by atoms with van der Waals surface area (Å²) in [5.41, 5.74) is -5.48. The normalized spacial score (nSPS) is 9.89. The minimum atomic E-state index is -2.74. The van der Waals surface area contributed by atoms with E-state index in [0.29, 0.717) is 0 Å². The van der Waals surface area contributed by atoms with Crippen molar-refractivity contribution in [3.8, 4) is 0 Å². The molecule has 0 spiro atoms. The molecule has 0 aromatic carbocycles. The van der Waals surface area contributed by atoms with Crippen molar-refractivity contribution in [1.82, 2.24) is 0 Å². The molecule has 0 radical (unpaired) electrons. The van der Waals surface area contributed by atoms with Gasteiger partial charge in [0.25, 0.3) is 0 Å². The van der Waals surface area contributed by atoms with Gasteiger partial charge in [-0.15, -0.1) is 0 Å². The van der Waals surface area contributed by atoms with Crippen molar-refractivity contribution in [2.75, 3.05) is 0 Å². The molecule has 0 rings (SSSR count). The van der Waals surface area contributed by atoms with Crippen LogP contribution >= 0.6 is 0 Å². The molecule has 0 heterocycles. The number of hydrogen-bond donors (Lipinski definition) is 8. The highest BCUT2D eigenvalue weighted by atomic mass is 16.4. The Balaban J connectivity index is -0.000000133. The molecule has 0 aromatic rings. The summed E-state index contributed by atoms with van der Waals surface area (Å²) in [6, 6.07) is 0. The van der Waals surface area contributed by atoms with E-state index in [4.69, 9.17) is 40.9 Å². The van der Waals surface area contributed by atoms with E-state index in [9.17, 15) is 28.8 Å². The molecule has 220 valence electrons. The Morgan fingerprint density at radius 2 is 0.622 bits per heavy atom. The fourth-order valence-electron chi connectivity index (χ4n) is 2.14. The zero-order valence-electron chi connectivity index (χ0n) is 21.6. The number of carboxylic acids is 6. The van der Waals surface area contributed by atoms with Crippen molar-refractivity contribution < 1.29 is 75.1 Å². The Labute approximate surface area is 214 Å². The molecule has 0 aliphatic rings. The van der Waals surface area contributed by atoms with Crippen LogP contribution in [0.1, 0.15) is 91.9 Å². The third-order valence-corrected chi connectivity index (χ3v) is 3.99. The van der Waals surface area contributed by atoms with Crippen LogP contribution in [0.3, 0.4) is 0 Å². The van der Waals surface area contributed by atoms with Crippen LogP contribution in [-0.4, -0.2) is 93.3 Å². The SMILES string of the molecule is CCCCC.CCCCC.O.O=C(O)CC(O)(CC(=O)O)C(=O)O.O=C(O)CC(O)(CC(=O)O)C(=O)O. The lowest BCUT2D eigenvalue weighted by molar-refractivity contribution is -0.170. The van der Waals surface area contributed by atoms with Gasteiger partial charge in [-0.2, -0.15) is 0 Å². The Hall–Kier alpha value is -3.30. The lowest BCUT2D eigenvalue weighted by Gasteiger charge is -2.18. The van der Waals surface area contributed by atoms with E-state index in [2.05, 4.69) is 27.7 Å². The fourth-order valence-corrected chi connectivity index (χ4v) is 2.14. The van der Waals surface area contributed by atoms with Gasteiger partial charge >= 0.3 is 35.8 Å². The second-order valence-corrected chi connectivity index (χ2v) is 7.66. The lowest BCUT2D eigenvalue weighted by atomic mass is 9.96. The Bertz CT molecular complexity index is 594. The lowest BCUT2D eigenvalue weighted by Crippen LogP contribution is -2.42. The minimum absolute atomic E-state index is 0. The van der Waals surface area contributed by atoms with E-state index in [1.54, 1.807) is 0 Å². The molecule has 0 fully saturated rings. The summed E-state index contributed by atoms with van der Waals surface area (Å²) < 4.78 is 0. The van der Waals surface area contributed by atoms with Crippen molar-refractivity contribution in [3.63, 3.8) is 0 Å². The number of aliphatic hydroxyl groups is 2. The van der Waals surface area contributed by atoms with Gasteiger partial charge in [0, 0.05) is 0 Å². The summed E-state index contributed by atoms with van der Waals surface area (Å²) in [6.45, 7) is 8.85. The standard InChI is InChI=1S/2C6H8O7.2C5H12.H2O/c2*7-3(8)1-6(13,5(11)12)2-4(9)10;2*1-3-5-4-2;/h2*13H,1-2H2,(H,7,8)(H,9,10)(H,11,12);2*3-5H2,1-2H3;1H2. The maximum atomic E-state index is 10.3. The molecule has 0 amide bonds. The molecule has 0 saturated heterocycles. The zero-order valence-corrected chi connectivity index (χ0v) is 21.6. The van der Waals surface area contributed by atoms with Crippen LogP contribution in [0.25, 0.3) is 0 Å². The van der Waals surface area contributed by atoms with Gasteiger partial charge in [-0.05, 0) is 0 Å². The first-order valence-electron chi connectivity index (χ1n) is 11.2. The maximum Gasteiger partial charge on any atom is 0.336 e. The highest BCUT2D eigenvalue weighted by Crippen LogP contribution is 2.16. The van der Waals surface area contributed by atoms with Gasteiger partial charge in [-0.1, -0.05) is 66.2 Å². The van der Waals surface area contributed by atoms with Gasteiger partial charge in [0.15, 0.2) is 11.2 Å². The van der Waals surface area contributed by atoms with Crippen molar-refractivity contribution in [2.24, 2.45) is 0 Å². The molecule has 0 bridgehead atoms. The monoisotopic (exact) mass is 546 g/mol. The van der Waals surface area contributed by atoms with Crippen LogP contribution in [0.5, 0.6) is 0 Å². The molecule has 37 heavy (non-hydrogen) atoms. The van der Waals surface area contributed by atoms with Gasteiger partial charge in [0.2, 0.25) is 0 Å². The number of aliphatic carboxylic acids is 6. The van der Waals surface area contributed by atoms with Crippen LogP contribution in [0.4, 0.5) is 0 Å². The summed E-state index contributed by atoms with van der Waals surface area (Å²) >= 11 is 0. The summed E-state index contributed by atoms with van der Waals surface area (Å²) in [5.74, 6) is -10.0. The average molecular weight is 547 g/mol. The third-order valence-electron chi connectivity index (χ3n) is 3.99. The van der Waals surface area contributed by atoms with E-state index < -0.39 is 72.7 Å². The Kier molecular flexibility index (Phi) is 28.8. The number of carboxylic acid groups (broad SMARTS) is 6. The molecular weight excluding hydrogens is 504 g/mol. The van der Waals surface area contributed by atoms with Gasteiger partial charge in [-0.3, -0.25) is 19.2 Å². The van der Waals surface area contributed by atoms with E-state index in [0.717, 1.165) is 0 Å². The second kappa shape index (κ2) is 24.4. The van der Waals surface area contributed by atoms with E-state index in [1.165, 1.54) is 38.5 Å². The first kappa shape index (κ1) is 43.7. The molecule has 0 aliphatic carbocycles. The van der Waals surface area contributed by atoms with Crippen LogP contribution in [0, 0.1) is 0 Å². The summed E-state index contributed by atoms with van der Waals surface area (Å²) in [6.07, 6.45) is 3.58. The molecule has 0 atom stereocenters. The quantitative estimate of drug-likeness (QED) is 0.151. The average Bonchev–Trinajstić information content (AvgIpc) is 2.68. The minimum Gasteiger partial charge on any atom is -0.481 e. The topological polar surface area (TPSA) is 296 Å². The van der Waals surface area contributed by atoms with Crippen molar-refractivity contribution in [1.29, 1.82) is 0 Å². The van der Waals surface area contributed by atoms with E-state index in [1.807, 2.05) is 0 Å². The summed E-state index contributed by atoms with van der Waals surface area (Å²) in [4.78, 5) is 61.0. The van der Waals surface area contributed by atoms with Crippen LogP contribution in [0.2, 0.25) is 0 Å². The molecule has 0 aromatic heterocycles. The van der Waals surface area contributed by atoms with Gasteiger partial charge in [0.05, 0.1) is 25.7 Å². The predicted octanol–water partition coefficient (Wildman–Crippen LogP) is 1.07. The van der Waals surface area contributed by atoms with Crippen molar-refractivity contribution in [3.05, 3.63) is 0 Å². The van der Waals surface area contributed by atoms with Crippen LogP contribution < -0.4 is 0 Å². The molecule has 10 N–H and O–H groups in total. The zero-order chi connectivity index (χ0) is 29.5. The van der Waals surface area contributed by atoms with Gasteiger partial charge < -0.3 is 46.3 Å². The predicted molar refractivity (Wildman–Crippen MR) is 128 cm³/mol. The highest BCUT2D eigenvalue weighted by Gasteiger charge is 2.41. The van der Waals surface area contributed by atoms with Crippen LogP contribution in [0.15, 0.2) is 0 Å². The van der Waals surface area contributed by atoms with Crippen LogP contribution in [-0.2, 0) is 28.8 Å². The number of rotatable bonds is 14. The summed E-state index contributed by atoms with van der Waals surface area (Å²) in [5, 5.41) is 67.6. The highest BCUT2D eigenvalue weighted by molar-refractivity contribution is 5.88. The second-order valence-electron chi connectivity index (χ2n) is 7.66. The largest absolute Gasteiger partial charge is 0.481 e. The number of carbonyl (C=O) groups is 6. The molecule has 15 nitrogen and oxygen atoms in total. The van der Waals surface area contributed by atoms with Crippen molar-refractivity contribution >= 4 is 35.8 Å². The molecule has 0 aliphatic heterocycles. The first-order valence-corrected chi connectivity index (χ1v) is 11.2. The van der Waals surface area contributed by atoms with Gasteiger partial charge in [-0.25, -0.2) is 9.59 Å². The third kappa shape index (κ3) is 28.8. The summed E-state index contributed by atoms with van der Waals surface area (Å²) in [7, 11) is 0. The van der Waals surface area contributed by atoms with E-state index >= 15 is 0 Å². The Morgan fingerprint density at radius 1 is 0.459 bits per heavy atom. The fraction of sp³-hybridized carbons (Fsp3) is 0.727. The molecular formula is C22H42O15. The van der Waals surface area contributed by atoms with Gasteiger partial charge in [0.1, 0.15) is 0 Å². The van der Waals surface area contributed by atoms with Crippen molar-refractivity contribution in [2.45, 2.75) is 103 Å².